The summed E-state index contributed by atoms with van der Waals surface area (Å²) in [5.74, 6) is -3.13. The van der Waals surface area contributed by atoms with E-state index < -0.39 is 23.7 Å². The maximum absolute atomic E-state index is 14.4. The summed E-state index contributed by atoms with van der Waals surface area (Å²) in [5, 5.41) is 11.6. The molecule has 0 radical (unpaired) electrons. The Morgan fingerprint density at radius 2 is 2.07 bits per heavy atom. The molecule has 3 N–H and O–H groups in total. The van der Waals surface area contributed by atoms with Crippen molar-refractivity contribution >= 4 is 5.69 Å². The highest BCUT2D eigenvalue weighted by Crippen LogP contribution is 2.39. The van der Waals surface area contributed by atoms with E-state index in [0.717, 1.165) is 18.9 Å². The molecule has 7 nitrogen and oxygen atoms in total. The fraction of sp³-hybridized carbons (Fsp3) is 0.500. The Bertz CT molecular complexity index is 858. The molecule has 1 aromatic carbocycles. The average Bonchev–Trinajstić information content (AvgIpc) is 2.95. The van der Waals surface area contributed by atoms with E-state index in [4.69, 9.17) is 4.42 Å². The molecule has 0 spiro atoms. The summed E-state index contributed by atoms with van der Waals surface area (Å²) in [7, 11) is 1.84. The summed E-state index contributed by atoms with van der Waals surface area (Å²) < 4.78 is 61.1. The van der Waals surface area contributed by atoms with Gasteiger partial charge in [-0.3, -0.25) is 0 Å². The molecule has 0 bridgehead atoms. The molecule has 0 amide bonds. The largest absolute Gasteiger partial charge is 0.573 e. The van der Waals surface area contributed by atoms with Gasteiger partial charge >= 0.3 is 12.1 Å². The van der Waals surface area contributed by atoms with Crippen molar-refractivity contribution in [2.24, 2.45) is 5.92 Å². The van der Waals surface area contributed by atoms with Gasteiger partial charge in [-0.25, -0.2) is 14.3 Å². The normalized spacial score (nSPS) is 20.8. The van der Waals surface area contributed by atoms with Crippen LogP contribution in [0.4, 0.5) is 23.2 Å². The smallest absolute Gasteiger partial charge is 0.400 e. The second-order valence-corrected chi connectivity index (χ2v) is 6.45. The summed E-state index contributed by atoms with van der Waals surface area (Å²) in [6.07, 6.45) is -3.37. The van der Waals surface area contributed by atoms with Crippen LogP contribution in [0.5, 0.6) is 5.75 Å². The molecule has 1 heterocycles. The Labute approximate surface area is 151 Å². The molecule has 1 aliphatic rings. The van der Waals surface area contributed by atoms with Gasteiger partial charge in [0.25, 0.3) is 0 Å². The average molecular weight is 390 g/mol. The highest BCUT2D eigenvalue weighted by atomic mass is 19.4. The number of halogens is 4. The van der Waals surface area contributed by atoms with Crippen LogP contribution < -0.4 is 21.1 Å². The van der Waals surface area contributed by atoms with E-state index in [1.807, 2.05) is 12.1 Å². The van der Waals surface area contributed by atoms with E-state index in [0.29, 0.717) is 6.04 Å². The van der Waals surface area contributed by atoms with Gasteiger partial charge in [0.05, 0.1) is 5.69 Å². The van der Waals surface area contributed by atoms with Crippen molar-refractivity contribution in [2.75, 3.05) is 12.4 Å². The van der Waals surface area contributed by atoms with Crippen LogP contribution in [0.2, 0.25) is 0 Å². The predicted molar refractivity (Wildman–Crippen MR) is 87.9 cm³/mol. The molecule has 1 atom stereocenters. The Hall–Kier alpha value is -2.56. The number of benzene rings is 1. The first kappa shape index (κ1) is 19.2. The number of nitrogens with one attached hydrogen (secondary N) is 3. The minimum absolute atomic E-state index is 0.00298. The van der Waals surface area contributed by atoms with Crippen molar-refractivity contribution in [1.82, 2.24) is 15.5 Å². The first-order valence-corrected chi connectivity index (χ1v) is 8.25. The Morgan fingerprint density at radius 3 is 2.63 bits per heavy atom. The summed E-state index contributed by atoms with van der Waals surface area (Å²) in [6.45, 7) is 1.80. The zero-order valence-corrected chi connectivity index (χ0v) is 14.5. The second-order valence-electron chi connectivity index (χ2n) is 6.45. The Kier molecular flexibility index (Phi) is 5.13. The van der Waals surface area contributed by atoms with Gasteiger partial charge in [-0.1, -0.05) is 0 Å². The van der Waals surface area contributed by atoms with Crippen LogP contribution in [0.25, 0.3) is 11.5 Å². The van der Waals surface area contributed by atoms with Gasteiger partial charge in [0.15, 0.2) is 11.6 Å². The molecule has 0 unspecified atom stereocenters. The van der Waals surface area contributed by atoms with E-state index in [1.165, 1.54) is 6.07 Å². The van der Waals surface area contributed by atoms with Crippen molar-refractivity contribution < 1.29 is 26.7 Å². The van der Waals surface area contributed by atoms with Crippen LogP contribution in [0, 0.1) is 11.7 Å². The molecule has 0 aliphatic heterocycles. The van der Waals surface area contributed by atoms with Gasteiger partial charge in [0.2, 0.25) is 5.89 Å². The number of aromatic nitrogens is 2. The van der Waals surface area contributed by atoms with Gasteiger partial charge in [-0.2, -0.15) is 0 Å². The maximum atomic E-state index is 14.4. The van der Waals surface area contributed by atoms with Crippen LogP contribution in [0.1, 0.15) is 19.8 Å². The minimum Gasteiger partial charge on any atom is -0.400 e. The Morgan fingerprint density at radius 1 is 1.37 bits per heavy atom. The van der Waals surface area contributed by atoms with Crippen molar-refractivity contribution in [3.8, 4) is 17.2 Å². The summed E-state index contributed by atoms with van der Waals surface area (Å²) in [6, 6.07) is 2.09. The highest BCUT2D eigenvalue weighted by molar-refractivity contribution is 5.68. The fourth-order valence-electron chi connectivity index (χ4n) is 3.07. The number of aromatic amines is 1. The van der Waals surface area contributed by atoms with Crippen molar-refractivity contribution in [3.05, 3.63) is 28.5 Å². The van der Waals surface area contributed by atoms with Gasteiger partial charge in [0, 0.05) is 17.6 Å². The number of alkyl halides is 3. The molecule has 1 aromatic heterocycles. The molecule has 27 heavy (non-hydrogen) atoms. The zero-order chi connectivity index (χ0) is 19.8. The summed E-state index contributed by atoms with van der Waals surface area (Å²) in [4.78, 5) is 11.1. The number of hydrogen-bond donors (Lipinski definition) is 3. The molecule has 11 heteroatoms. The quantitative estimate of drug-likeness (QED) is 0.657. The topological polar surface area (TPSA) is 92.2 Å². The number of rotatable bonds is 6. The SMILES string of the molecule is CNC1CC([C@H](C)Nc2cc(-c3n[nH]c(=O)o3)cc(F)c2OC(F)(F)F)C1. The van der Waals surface area contributed by atoms with Crippen LogP contribution in [-0.4, -0.2) is 35.7 Å². The second kappa shape index (κ2) is 7.22. The standard InChI is InChI=1S/C16H18F4N4O3/c1-7(8-3-10(4-8)21-2)22-12-6-9(14-23-24-15(25)26-14)5-11(17)13(12)27-16(18,19)20/h5-8,10,21-22H,3-4H2,1-2H3,(H,24,25)/t7-,8?,10?/m0/s1. The highest BCUT2D eigenvalue weighted by Gasteiger charge is 2.36. The lowest BCUT2D eigenvalue weighted by Gasteiger charge is -2.39. The van der Waals surface area contributed by atoms with Gasteiger partial charge in [0.1, 0.15) is 0 Å². The van der Waals surface area contributed by atoms with Crippen LogP contribution in [0.3, 0.4) is 0 Å². The fourth-order valence-corrected chi connectivity index (χ4v) is 3.07. The number of ether oxygens (including phenoxy) is 1. The van der Waals surface area contributed by atoms with Crippen molar-refractivity contribution in [3.63, 3.8) is 0 Å². The summed E-state index contributed by atoms with van der Waals surface area (Å²) in [5.41, 5.74) is -0.204. The molecule has 2 aromatic rings. The first-order chi connectivity index (χ1) is 12.7. The van der Waals surface area contributed by atoms with Crippen molar-refractivity contribution in [2.45, 2.75) is 38.2 Å². The van der Waals surface area contributed by atoms with Gasteiger partial charge < -0.3 is 19.8 Å². The lowest BCUT2D eigenvalue weighted by molar-refractivity contribution is -0.275. The van der Waals surface area contributed by atoms with Gasteiger partial charge in [-0.15, -0.1) is 18.3 Å². The number of hydrogen-bond acceptors (Lipinski definition) is 6. The van der Waals surface area contributed by atoms with E-state index in [-0.39, 0.29) is 29.1 Å². The molecule has 3 rings (SSSR count). The maximum Gasteiger partial charge on any atom is 0.573 e. The van der Waals surface area contributed by atoms with Crippen molar-refractivity contribution in [1.29, 1.82) is 0 Å². The molecular formula is C16H18F4N4O3. The molecule has 148 valence electrons. The van der Waals surface area contributed by atoms with Gasteiger partial charge in [-0.05, 0) is 44.9 Å². The molecule has 1 aliphatic carbocycles. The third-order valence-corrected chi connectivity index (χ3v) is 4.62. The number of anilines is 1. The van der Waals surface area contributed by atoms with E-state index in [9.17, 15) is 22.4 Å². The molecule has 0 saturated heterocycles. The first-order valence-electron chi connectivity index (χ1n) is 8.25. The zero-order valence-electron chi connectivity index (χ0n) is 14.5. The Balaban J connectivity index is 1.92. The number of H-pyrrole nitrogens is 1. The number of nitrogens with zero attached hydrogens (tertiary/aromatic N) is 1. The third-order valence-electron chi connectivity index (χ3n) is 4.62. The molecule has 1 saturated carbocycles. The van der Waals surface area contributed by atoms with E-state index in [1.54, 1.807) is 6.92 Å². The van der Waals surface area contributed by atoms with Crippen LogP contribution >= 0.6 is 0 Å². The van der Waals surface area contributed by atoms with Crippen LogP contribution in [-0.2, 0) is 0 Å². The van der Waals surface area contributed by atoms with E-state index >= 15 is 0 Å². The minimum atomic E-state index is -5.06. The lowest BCUT2D eigenvalue weighted by atomic mass is 9.76. The lowest BCUT2D eigenvalue weighted by Crippen LogP contribution is -2.45. The monoisotopic (exact) mass is 390 g/mol. The molecular weight excluding hydrogens is 372 g/mol. The predicted octanol–water partition coefficient (Wildman–Crippen LogP) is 2.87. The summed E-state index contributed by atoms with van der Waals surface area (Å²) >= 11 is 0. The van der Waals surface area contributed by atoms with Crippen LogP contribution in [0.15, 0.2) is 21.3 Å². The van der Waals surface area contributed by atoms with E-state index in [2.05, 4.69) is 20.5 Å². The molecule has 1 fully saturated rings. The third kappa shape index (κ3) is 4.41.